The molecule has 0 aromatic heterocycles. The van der Waals surface area contributed by atoms with Crippen LogP contribution in [0.3, 0.4) is 0 Å². The van der Waals surface area contributed by atoms with Gasteiger partial charge < -0.3 is 0 Å². The molecule has 2 aromatic carbocycles. The molecule has 0 aliphatic rings. The number of hydrogen-bond acceptors (Lipinski definition) is 0. The average Bonchev–Trinajstić information content (AvgIpc) is 2.28. The van der Waals surface area contributed by atoms with Crippen molar-refractivity contribution in [2.75, 3.05) is 0 Å². The van der Waals surface area contributed by atoms with Crippen LogP contribution in [-0.4, -0.2) is 0 Å². The Bertz CT molecular complexity index is 501. The van der Waals surface area contributed by atoms with Gasteiger partial charge in [-0.2, -0.15) is 0 Å². The van der Waals surface area contributed by atoms with E-state index in [4.69, 9.17) is 23.2 Å². The average molecular weight is 395 g/mol. The Morgan fingerprint density at radius 1 is 0.765 bits per heavy atom. The van der Waals surface area contributed by atoms with Crippen molar-refractivity contribution in [1.82, 2.24) is 0 Å². The van der Waals surface area contributed by atoms with Crippen LogP contribution in [0.15, 0.2) is 42.5 Å². The van der Waals surface area contributed by atoms with Crippen molar-refractivity contribution < 1.29 is 0 Å². The fraction of sp³-hybridized carbons (Fsp3) is 0.0769. The number of rotatable bonds is 2. The Labute approximate surface area is 127 Å². The summed E-state index contributed by atoms with van der Waals surface area (Å²) in [7, 11) is 0. The Balaban J connectivity index is 2.39. The smallest absolute Gasteiger partial charge is 0.0843 e. The van der Waals surface area contributed by atoms with Crippen LogP contribution in [0.1, 0.15) is 9.30 Å². The first-order chi connectivity index (χ1) is 8.06. The lowest BCUT2D eigenvalue weighted by atomic mass is 10.0. The molecule has 17 heavy (non-hydrogen) atoms. The summed E-state index contributed by atoms with van der Waals surface area (Å²) < 4.78 is 0.173. The quantitative estimate of drug-likeness (QED) is 0.513. The third-order valence-corrected chi connectivity index (χ3v) is 3.85. The van der Waals surface area contributed by atoms with Gasteiger partial charge in [-0.1, -0.05) is 79.3 Å². The maximum absolute atomic E-state index is 5.98. The minimum Gasteiger partial charge on any atom is -0.0843 e. The summed E-state index contributed by atoms with van der Waals surface area (Å²) in [6.45, 7) is 0. The normalized spacial score (nSPS) is 10.9. The Hall–Kier alpha value is -0.0200. The van der Waals surface area contributed by atoms with Crippen molar-refractivity contribution >= 4 is 55.1 Å². The molecule has 0 bridgehead atoms. The molecule has 88 valence electrons. The molecule has 2 rings (SSSR count). The highest BCUT2D eigenvalue weighted by Crippen LogP contribution is 2.32. The van der Waals surface area contributed by atoms with E-state index in [1.165, 1.54) is 5.56 Å². The molecule has 0 N–H and O–H groups in total. The van der Waals surface area contributed by atoms with Gasteiger partial charge >= 0.3 is 0 Å². The lowest BCUT2D eigenvalue weighted by Gasteiger charge is -2.06. The van der Waals surface area contributed by atoms with E-state index in [1.54, 1.807) is 6.07 Å². The van der Waals surface area contributed by atoms with Crippen LogP contribution in [0.4, 0.5) is 0 Å². The van der Waals surface area contributed by atoms with Gasteiger partial charge in [-0.25, -0.2) is 0 Å². The van der Waals surface area contributed by atoms with Crippen molar-refractivity contribution in [3.8, 4) is 11.1 Å². The Morgan fingerprint density at radius 3 is 1.76 bits per heavy atom. The standard InChI is InChI=1S/C13H8Br2Cl2/c14-13(15)9-3-1-8(2-4-9)10-5-11(16)7-12(17)6-10/h1-7,13H. The summed E-state index contributed by atoms with van der Waals surface area (Å²) in [5.41, 5.74) is 3.29. The fourth-order valence-electron chi connectivity index (χ4n) is 1.54. The third-order valence-electron chi connectivity index (χ3n) is 2.36. The summed E-state index contributed by atoms with van der Waals surface area (Å²) >= 11 is 18.9. The summed E-state index contributed by atoms with van der Waals surface area (Å²) in [4.78, 5) is 0. The zero-order valence-electron chi connectivity index (χ0n) is 8.63. The number of halogens is 4. The summed E-state index contributed by atoms with van der Waals surface area (Å²) in [6, 6.07) is 13.7. The minimum atomic E-state index is 0.173. The second kappa shape index (κ2) is 5.75. The molecular formula is C13H8Br2Cl2. The van der Waals surface area contributed by atoms with Crippen LogP contribution in [0, 0.1) is 0 Å². The number of alkyl halides is 2. The van der Waals surface area contributed by atoms with E-state index in [-0.39, 0.29) is 3.74 Å². The van der Waals surface area contributed by atoms with Crippen LogP contribution >= 0.6 is 55.1 Å². The minimum absolute atomic E-state index is 0.173. The highest BCUT2D eigenvalue weighted by atomic mass is 79.9. The van der Waals surface area contributed by atoms with Gasteiger partial charge in [-0.05, 0) is 34.9 Å². The molecule has 0 nitrogen and oxygen atoms in total. The van der Waals surface area contributed by atoms with Gasteiger partial charge in [0.05, 0.1) is 3.74 Å². The van der Waals surface area contributed by atoms with Crippen molar-refractivity contribution in [1.29, 1.82) is 0 Å². The van der Waals surface area contributed by atoms with Gasteiger partial charge in [-0.3, -0.25) is 0 Å². The molecule has 0 spiro atoms. The van der Waals surface area contributed by atoms with Crippen molar-refractivity contribution in [3.63, 3.8) is 0 Å². The summed E-state index contributed by atoms with van der Waals surface area (Å²) in [5.74, 6) is 0. The number of benzene rings is 2. The first kappa shape index (κ1) is 13.4. The summed E-state index contributed by atoms with van der Waals surface area (Å²) in [6.07, 6.45) is 0. The van der Waals surface area contributed by atoms with Crippen molar-refractivity contribution in [2.45, 2.75) is 3.74 Å². The van der Waals surface area contributed by atoms with E-state index in [9.17, 15) is 0 Å². The maximum Gasteiger partial charge on any atom is 0.0946 e. The molecule has 0 saturated carbocycles. The molecule has 0 atom stereocenters. The van der Waals surface area contributed by atoms with E-state index < -0.39 is 0 Å². The monoisotopic (exact) mass is 392 g/mol. The van der Waals surface area contributed by atoms with Crippen LogP contribution < -0.4 is 0 Å². The van der Waals surface area contributed by atoms with Crippen LogP contribution in [-0.2, 0) is 0 Å². The first-order valence-corrected chi connectivity index (χ1v) is 7.49. The molecule has 2 aromatic rings. The van der Waals surface area contributed by atoms with Crippen LogP contribution in [0.25, 0.3) is 11.1 Å². The third kappa shape index (κ3) is 3.47. The van der Waals surface area contributed by atoms with E-state index in [0.717, 1.165) is 11.1 Å². The molecule has 4 heteroatoms. The molecule has 0 heterocycles. The predicted octanol–water partition coefficient (Wildman–Crippen LogP) is 6.45. The Morgan fingerprint density at radius 2 is 1.29 bits per heavy atom. The number of hydrogen-bond donors (Lipinski definition) is 0. The molecule has 0 saturated heterocycles. The maximum atomic E-state index is 5.98. The van der Waals surface area contributed by atoms with Crippen molar-refractivity contribution in [2.24, 2.45) is 0 Å². The Kier molecular flexibility index (Phi) is 4.53. The van der Waals surface area contributed by atoms with E-state index >= 15 is 0 Å². The lowest BCUT2D eigenvalue weighted by Crippen LogP contribution is -1.82. The molecule has 0 fully saturated rings. The van der Waals surface area contributed by atoms with Crippen LogP contribution in [0.2, 0.25) is 10.0 Å². The summed E-state index contributed by atoms with van der Waals surface area (Å²) in [5, 5.41) is 1.30. The molecule has 0 radical (unpaired) electrons. The second-order valence-corrected chi connectivity index (χ2v) is 7.51. The van der Waals surface area contributed by atoms with E-state index in [0.29, 0.717) is 10.0 Å². The molecule has 0 aliphatic carbocycles. The van der Waals surface area contributed by atoms with Gasteiger partial charge in [0.25, 0.3) is 0 Å². The molecule has 0 aliphatic heterocycles. The first-order valence-electron chi connectivity index (χ1n) is 4.91. The molecule has 0 unspecified atom stereocenters. The molecular weight excluding hydrogens is 387 g/mol. The van der Waals surface area contributed by atoms with E-state index in [1.807, 2.05) is 24.3 Å². The van der Waals surface area contributed by atoms with Gasteiger partial charge in [0, 0.05) is 10.0 Å². The van der Waals surface area contributed by atoms with Crippen molar-refractivity contribution in [3.05, 3.63) is 58.1 Å². The van der Waals surface area contributed by atoms with Gasteiger partial charge in [-0.15, -0.1) is 0 Å². The van der Waals surface area contributed by atoms with Crippen LogP contribution in [0.5, 0.6) is 0 Å². The van der Waals surface area contributed by atoms with Gasteiger partial charge in [0.2, 0.25) is 0 Å². The highest BCUT2D eigenvalue weighted by Gasteiger charge is 2.04. The second-order valence-electron chi connectivity index (χ2n) is 3.58. The van der Waals surface area contributed by atoms with Gasteiger partial charge in [0.15, 0.2) is 0 Å². The van der Waals surface area contributed by atoms with E-state index in [2.05, 4.69) is 44.0 Å². The largest absolute Gasteiger partial charge is 0.0946 e. The highest BCUT2D eigenvalue weighted by molar-refractivity contribution is 9.24. The topological polar surface area (TPSA) is 0 Å². The lowest BCUT2D eigenvalue weighted by molar-refractivity contribution is 1.42. The predicted molar refractivity (Wildman–Crippen MR) is 82.5 cm³/mol. The fourth-order valence-corrected chi connectivity index (χ4v) is 2.68. The van der Waals surface area contributed by atoms with Gasteiger partial charge in [0.1, 0.15) is 0 Å². The zero-order chi connectivity index (χ0) is 12.4. The zero-order valence-corrected chi connectivity index (χ0v) is 13.3. The molecule has 0 amide bonds. The SMILES string of the molecule is Clc1cc(Cl)cc(-c2ccc(C(Br)Br)cc2)c1.